The molecular weight excluding hydrogens is 832 g/mol. The van der Waals surface area contributed by atoms with Gasteiger partial charge in [-0.1, -0.05) is 29.8 Å². The Kier molecular flexibility index (Phi) is 11.6. The molecule has 6 aromatic rings. The van der Waals surface area contributed by atoms with Crippen LogP contribution in [0.4, 0.5) is 0 Å². The molecule has 0 amide bonds. The molecule has 3 aliphatic heterocycles. The van der Waals surface area contributed by atoms with E-state index in [4.69, 9.17) is 44.7 Å². The quantitative estimate of drug-likeness (QED) is 0.165. The summed E-state index contributed by atoms with van der Waals surface area (Å²) in [6, 6.07) is 18.3. The number of carbonyl (C=O) groups is 1. The number of ether oxygens (including phenoxy) is 5. The van der Waals surface area contributed by atoms with Crippen LogP contribution >= 0.6 is 27.5 Å². The van der Waals surface area contributed by atoms with Crippen molar-refractivity contribution in [1.82, 2.24) is 29.7 Å². The van der Waals surface area contributed by atoms with Crippen LogP contribution in [0.2, 0.25) is 5.02 Å². The third-order valence-electron chi connectivity index (χ3n) is 10.2. The fraction of sp³-hybridized carbons (Fsp3) is 0.310. The molecule has 6 heterocycles. The number of hydrogen-bond donors (Lipinski definition) is 1. The number of halogens is 2. The normalized spacial score (nSPS) is 17.5. The summed E-state index contributed by atoms with van der Waals surface area (Å²) in [5.41, 5.74) is 4.04. The molecule has 2 atom stereocenters. The fourth-order valence-corrected chi connectivity index (χ4v) is 7.86. The summed E-state index contributed by atoms with van der Waals surface area (Å²) in [7, 11) is 3.71. The second-order valence-electron chi connectivity index (χ2n) is 14.1. The van der Waals surface area contributed by atoms with E-state index in [0.717, 1.165) is 31.7 Å². The van der Waals surface area contributed by atoms with Crippen LogP contribution in [0, 0.1) is 6.92 Å². The maximum atomic E-state index is 13.0. The zero-order valence-corrected chi connectivity index (χ0v) is 34.3. The molecule has 300 valence electrons. The first kappa shape index (κ1) is 39.4. The number of carboxylic acids is 1. The Morgan fingerprint density at radius 2 is 1.83 bits per heavy atom. The lowest BCUT2D eigenvalue weighted by Gasteiger charge is -2.34. The Bertz CT molecular complexity index is 2460. The minimum absolute atomic E-state index is 0.0222. The van der Waals surface area contributed by atoms with E-state index in [1.165, 1.54) is 6.33 Å². The lowest BCUT2D eigenvalue weighted by atomic mass is 10.0. The molecule has 16 heteroatoms. The van der Waals surface area contributed by atoms with Crippen LogP contribution in [0.15, 0.2) is 82.3 Å². The highest BCUT2D eigenvalue weighted by atomic mass is 79.9. The van der Waals surface area contributed by atoms with E-state index >= 15 is 0 Å². The van der Waals surface area contributed by atoms with Crippen LogP contribution in [0.25, 0.3) is 33.6 Å². The minimum atomic E-state index is -1.41. The van der Waals surface area contributed by atoms with Gasteiger partial charge in [0.05, 0.1) is 29.0 Å². The molecule has 4 bridgehead atoms. The molecule has 0 saturated carbocycles. The van der Waals surface area contributed by atoms with Crippen LogP contribution in [0.1, 0.15) is 16.8 Å². The monoisotopic (exact) mass is 870 g/mol. The molecule has 0 spiro atoms. The van der Waals surface area contributed by atoms with Gasteiger partial charge in [-0.25, -0.2) is 24.7 Å². The number of furan rings is 1. The molecule has 9 rings (SSSR count). The Labute approximate surface area is 347 Å². The van der Waals surface area contributed by atoms with E-state index < -0.39 is 18.2 Å². The molecular formula is C42H40BrClN6O8. The highest BCUT2D eigenvalue weighted by Gasteiger charge is 2.30. The van der Waals surface area contributed by atoms with Gasteiger partial charge in [0.15, 0.2) is 10.5 Å². The molecule has 3 aromatic carbocycles. The van der Waals surface area contributed by atoms with Crippen molar-refractivity contribution in [2.45, 2.75) is 32.2 Å². The number of aromatic nitrogens is 4. The summed E-state index contributed by atoms with van der Waals surface area (Å²) in [4.78, 5) is 35.5. The number of piperazine rings is 1. The molecule has 1 fully saturated rings. The molecule has 1 saturated heterocycles. The van der Waals surface area contributed by atoms with Gasteiger partial charge in [0.25, 0.3) is 0 Å². The number of likely N-dealkylation sites (N-methyl/N-ethyl adjacent to an activating group) is 1. The van der Waals surface area contributed by atoms with Crippen molar-refractivity contribution in [1.29, 1.82) is 0 Å². The first-order chi connectivity index (χ1) is 28.1. The summed E-state index contributed by atoms with van der Waals surface area (Å²) in [6.07, 6.45) is 0.987. The second kappa shape index (κ2) is 17.2. The topological polar surface area (TPSA) is 155 Å². The third kappa shape index (κ3) is 8.39. The van der Waals surface area contributed by atoms with Crippen LogP contribution < -0.4 is 23.7 Å². The largest absolute Gasteiger partial charge is 0.496 e. The van der Waals surface area contributed by atoms with Crippen molar-refractivity contribution in [2.75, 3.05) is 53.5 Å². The summed E-state index contributed by atoms with van der Waals surface area (Å²) in [6.45, 7) is 6.38. The highest BCUT2D eigenvalue weighted by molar-refractivity contribution is 9.10. The van der Waals surface area contributed by atoms with Gasteiger partial charge in [-0.2, -0.15) is 0 Å². The predicted molar refractivity (Wildman–Crippen MR) is 219 cm³/mol. The van der Waals surface area contributed by atoms with E-state index in [1.54, 1.807) is 37.6 Å². The summed E-state index contributed by atoms with van der Waals surface area (Å²) in [5.74, 6) is 1.34. The lowest BCUT2D eigenvalue weighted by Crippen LogP contribution is -2.49. The van der Waals surface area contributed by atoms with E-state index in [1.807, 2.05) is 43.3 Å². The molecule has 0 radical (unpaired) electrons. The Morgan fingerprint density at radius 1 is 1.00 bits per heavy atom. The smallest absolute Gasteiger partial charge is 0.345 e. The lowest BCUT2D eigenvalue weighted by molar-refractivity contribution is -0.145. The second-order valence-corrected chi connectivity index (χ2v) is 15.2. The van der Waals surface area contributed by atoms with Crippen LogP contribution in [-0.2, 0) is 17.8 Å². The number of benzene rings is 3. The molecule has 0 aliphatic carbocycles. The van der Waals surface area contributed by atoms with Gasteiger partial charge in [-0.15, -0.1) is 0 Å². The summed E-state index contributed by atoms with van der Waals surface area (Å²) in [5, 5.41) is 11.4. The third-order valence-corrected chi connectivity index (χ3v) is 11.2. The summed E-state index contributed by atoms with van der Waals surface area (Å²) < 4.78 is 37.6. The summed E-state index contributed by atoms with van der Waals surface area (Å²) >= 11 is 10.6. The van der Waals surface area contributed by atoms with Crippen molar-refractivity contribution in [3.05, 3.63) is 99.7 Å². The number of rotatable bonds is 8. The average molecular weight is 872 g/mol. The molecule has 3 aliphatic rings. The van der Waals surface area contributed by atoms with Gasteiger partial charge in [0.2, 0.25) is 17.7 Å². The van der Waals surface area contributed by atoms with E-state index in [2.05, 4.69) is 47.7 Å². The number of aliphatic carboxylic acids is 1. The van der Waals surface area contributed by atoms with Crippen molar-refractivity contribution < 1.29 is 38.0 Å². The van der Waals surface area contributed by atoms with Crippen molar-refractivity contribution >= 4 is 44.6 Å². The van der Waals surface area contributed by atoms with Crippen molar-refractivity contribution in [3.63, 3.8) is 0 Å². The SMILES string of the molecule is COc1ccccc1-c1nccc(COc2ccc3cc2C[C@H](C(=O)O)Oc2ncnc4oc(Br)c(c24)-c2ccc(c(Cl)c2C)O[C@H](CN2CCN(C)CC2)CO3)n1. The van der Waals surface area contributed by atoms with E-state index in [0.29, 0.717) is 78.4 Å². The number of carboxylic acid groups (broad SMARTS) is 1. The van der Waals surface area contributed by atoms with Gasteiger partial charge >= 0.3 is 5.97 Å². The number of nitrogens with zero attached hydrogens (tertiary/aromatic N) is 6. The van der Waals surface area contributed by atoms with Crippen LogP contribution in [-0.4, -0.2) is 107 Å². The highest BCUT2D eigenvalue weighted by Crippen LogP contribution is 2.45. The first-order valence-electron chi connectivity index (χ1n) is 18.7. The van der Waals surface area contributed by atoms with Crippen LogP contribution in [0.5, 0.6) is 28.9 Å². The number of fused-ring (bicyclic) bond motifs is 7. The molecule has 14 nitrogen and oxygen atoms in total. The maximum absolute atomic E-state index is 13.0. The molecule has 58 heavy (non-hydrogen) atoms. The Balaban J connectivity index is 1.17. The predicted octanol–water partition coefficient (Wildman–Crippen LogP) is 7.12. The minimum Gasteiger partial charge on any atom is -0.496 e. The number of methoxy groups -OCH3 is 1. The van der Waals surface area contributed by atoms with Gasteiger partial charge in [-0.3, -0.25) is 4.90 Å². The van der Waals surface area contributed by atoms with Gasteiger partial charge < -0.3 is 38.1 Å². The number of para-hydroxylation sites is 1. The van der Waals surface area contributed by atoms with E-state index in [9.17, 15) is 9.90 Å². The van der Waals surface area contributed by atoms with Crippen LogP contribution in [0.3, 0.4) is 0 Å². The van der Waals surface area contributed by atoms with Crippen molar-refractivity contribution in [3.8, 4) is 51.4 Å². The molecule has 3 aromatic heterocycles. The number of hydrogen-bond acceptors (Lipinski definition) is 13. The Hall–Kier alpha value is -5.48. The van der Waals surface area contributed by atoms with Crippen molar-refractivity contribution in [2.24, 2.45) is 0 Å². The maximum Gasteiger partial charge on any atom is 0.345 e. The first-order valence-corrected chi connectivity index (χ1v) is 19.9. The molecule has 0 unspecified atom stereocenters. The standard InChI is InChI=1S/C42H40BrClN6O8/c1-24-29-9-11-33(37(24)44)56-28(20-50-16-14-49(2)15-17-50)22-54-27-8-10-31(55-21-26-12-13-45-39(48-26)30-6-4-5-7-32(30)53-3)25(18-27)19-34(42(51)52)57-40-36-35(29)38(43)58-41(36)47-23-46-40/h4-13,18,23,28,34H,14-17,19-22H2,1-3H3,(H,51,52)/t28-,34-/m1/s1. The average Bonchev–Trinajstić information content (AvgIpc) is 3.57. The fourth-order valence-electron chi connectivity index (χ4n) is 7.09. The van der Waals surface area contributed by atoms with Gasteiger partial charge in [-0.05, 0) is 83.5 Å². The zero-order chi connectivity index (χ0) is 40.3. The molecule has 1 N–H and O–H groups in total. The Morgan fingerprint density at radius 3 is 2.64 bits per heavy atom. The van der Waals surface area contributed by atoms with Gasteiger partial charge in [0, 0.05) is 50.9 Å². The van der Waals surface area contributed by atoms with Gasteiger partial charge in [0.1, 0.15) is 54.0 Å². The van der Waals surface area contributed by atoms with E-state index in [-0.39, 0.29) is 31.2 Å². The zero-order valence-electron chi connectivity index (χ0n) is 32.0.